The number of ketones is 1. The quantitative estimate of drug-likeness (QED) is 0.463. The van der Waals surface area contributed by atoms with E-state index in [-0.39, 0.29) is 0 Å². The molecule has 0 radical (unpaired) electrons. The van der Waals surface area contributed by atoms with Crippen LogP contribution < -0.4 is 0 Å². The van der Waals surface area contributed by atoms with Crippen molar-refractivity contribution in [1.82, 2.24) is 0 Å². The molecule has 0 aliphatic heterocycles. The maximum atomic E-state index is 10.7. The van der Waals surface area contributed by atoms with Crippen LogP contribution in [0.2, 0.25) is 0 Å². The van der Waals surface area contributed by atoms with Crippen LogP contribution in [0.25, 0.3) is 0 Å². The Kier molecular flexibility index (Phi) is 1.33. The molecule has 3 nitrogen and oxygen atoms in total. The second kappa shape index (κ2) is 1.78. The average molecular weight is 130 g/mol. The number of aliphatic hydroxyl groups is 2. The molecule has 2 atom stereocenters. The molecule has 1 aliphatic carbocycles. The first-order chi connectivity index (χ1) is 4.04. The van der Waals surface area contributed by atoms with E-state index < -0.39 is 17.5 Å². The molecule has 0 aromatic rings. The van der Waals surface area contributed by atoms with Crippen LogP contribution in [0.15, 0.2) is 0 Å². The summed E-state index contributed by atoms with van der Waals surface area (Å²) in [6.07, 6.45) is -0.154. The van der Waals surface area contributed by atoms with E-state index in [0.29, 0.717) is 12.8 Å². The molecule has 0 unspecified atom stereocenters. The molecule has 0 aromatic carbocycles. The van der Waals surface area contributed by atoms with Crippen molar-refractivity contribution in [1.29, 1.82) is 0 Å². The highest BCUT2D eigenvalue weighted by Crippen LogP contribution is 2.25. The minimum absolute atomic E-state index is 0.382. The highest BCUT2D eigenvalue weighted by Gasteiger charge is 2.41. The Hall–Kier alpha value is -0.410. The van der Waals surface area contributed by atoms with E-state index in [1.165, 1.54) is 6.92 Å². The highest BCUT2D eigenvalue weighted by molar-refractivity contribution is 5.92. The molecule has 1 rings (SSSR count). The smallest absolute Gasteiger partial charge is 0.192 e. The SMILES string of the molecule is C[C@@]1(O)CC[C@H](O)C1=O. The molecule has 9 heavy (non-hydrogen) atoms. The maximum Gasteiger partial charge on any atom is 0.192 e. The lowest BCUT2D eigenvalue weighted by molar-refractivity contribution is -0.137. The number of Topliss-reactive ketones (excluding diaryl/α,β-unsaturated/α-hetero) is 1. The summed E-state index contributed by atoms with van der Waals surface area (Å²) in [6, 6.07) is 0. The second-order valence-corrected chi connectivity index (χ2v) is 2.69. The molecular formula is C6H10O3. The molecule has 2 N–H and O–H groups in total. The fourth-order valence-electron chi connectivity index (χ4n) is 1.03. The topological polar surface area (TPSA) is 57.5 Å². The van der Waals surface area contributed by atoms with Crippen molar-refractivity contribution in [2.24, 2.45) is 0 Å². The lowest BCUT2D eigenvalue weighted by Gasteiger charge is -2.11. The Morgan fingerprint density at radius 1 is 1.78 bits per heavy atom. The third-order valence-corrected chi connectivity index (χ3v) is 1.74. The molecular weight excluding hydrogens is 120 g/mol. The first-order valence-corrected chi connectivity index (χ1v) is 2.99. The predicted molar refractivity (Wildman–Crippen MR) is 30.9 cm³/mol. The normalized spacial score (nSPS) is 43.9. The zero-order chi connectivity index (χ0) is 7.07. The van der Waals surface area contributed by atoms with Crippen molar-refractivity contribution in [3.63, 3.8) is 0 Å². The summed E-state index contributed by atoms with van der Waals surface area (Å²) in [5.74, 6) is -0.442. The summed E-state index contributed by atoms with van der Waals surface area (Å²) in [5.41, 5.74) is -1.26. The summed E-state index contributed by atoms with van der Waals surface area (Å²) in [5, 5.41) is 17.9. The van der Waals surface area contributed by atoms with E-state index in [9.17, 15) is 4.79 Å². The summed E-state index contributed by atoms with van der Waals surface area (Å²) in [7, 11) is 0. The molecule has 0 heterocycles. The fourth-order valence-corrected chi connectivity index (χ4v) is 1.03. The highest BCUT2D eigenvalue weighted by atomic mass is 16.3. The molecule has 1 saturated carbocycles. The van der Waals surface area contributed by atoms with Gasteiger partial charge in [0.2, 0.25) is 0 Å². The molecule has 0 aromatic heterocycles. The third-order valence-electron chi connectivity index (χ3n) is 1.74. The minimum atomic E-state index is -1.26. The van der Waals surface area contributed by atoms with Crippen molar-refractivity contribution in [3.05, 3.63) is 0 Å². The van der Waals surface area contributed by atoms with Crippen molar-refractivity contribution in [2.75, 3.05) is 0 Å². The van der Waals surface area contributed by atoms with Gasteiger partial charge in [0.1, 0.15) is 11.7 Å². The van der Waals surface area contributed by atoms with Gasteiger partial charge in [0, 0.05) is 0 Å². The van der Waals surface area contributed by atoms with Gasteiger partial charge >= 0.3 is 0 Å². The van der Waals surface area contributed by atoms with Gasteiger partial charge in [0.05, 0.1) is 0 Å². The van der Waals surface area contributed by atoms with Crippen LogP contribution in [-0.4, -0.2) is 27.7 Å². The zero-order valence-corrected chi connectivity index (χ0v) is 5.29. The summed E-state index contributed by atoms with van der Waals surface area (Å²) < 4.78 is 0. The Balaban J connectivity index is 2.74. The van der Waals surface area contributed by atoms with Crippen LogP contribution in [-0.2, 0) is 4.79 Å². The average Bonchev–Trinajstić information content (AvgIpc) is 1.97. The Morgan fingerprint density at radius 2 is 2.33 bits per heavy atom. The minimum Gasteiger partial charge on any atom is -0.385 e. The standard InChI is InChI=1S/C6H10O3/c1-6(9)3-2-4(7)5(6)8/h4,7,9H,2-3H2,1H3/t4-,6+/m0/s1. The van der Waals surface area contributed by atoms with Gasteiger partial charge in [-0.15, -0.1) is 0 Å². The summed E-state index contributed by atoms with van der Waals surface area (Å²) >= 11 is 0. The van der Waals surface area contributed by atoms with E-state index >= 15 is 0 Å². The molecule has 3 heteroatoms. The molecule has 1 fully saturated rings. The van der Waals surface area contributed by atoms with Gasteiger partial charge in [-0.3, -0.25) is 4.79 Å². The van der Waals surface area contributed by atoms with E-state index in [0.717, 1.165) is 0 Å². The van der Waals surface area contributed by atoms with E-state index in [4.69, 9.17) is 10.2 Å². The van der Waals surface area contributed by atoms with Crippen molar-refractivity contribution >= 4 is 5.78 Å². The first kappa shape index (κ1) is 6.71. The van der Waals surface area contributed by atoms with Gasteiger partial charge in [-0.25, -0.2) is 0 Å². The van der Waals surface area contributed by atoms with Gasteiger partial charge in [0.15, 0.2) is 5.78 Å². The summed E-state index contributed by atoms with van der Waals surface area (Å²) in [6.45, 7) is 1.44. The predicted octanol–water partition coefficient (Wildman–Crippen LogP) is -0.539. The summed E-state index contributed by atoms with van der Waals surface area (Å²) in [4.78, 5) is 10.7. The van der Waals surface area contributed by atoms with Crippen molar-refractivity contribution in [2.45, 2.75) is 31.5 Å². The first-order valence-electron chi connectivity index (χ1n) is 2.99. The van der Waals surface area contributed by atoms with E-state index in [1.807, 2.05) is 0 Å². The van der Waals surface area contributed by atoms with Crippen LogP contribution in [0.1, 0.15) is 19.8 Å². The van der Waals surface area contributed by atoms with Crippen molar-refractivity contribution in [3.8, 4) is 0 Å². The largest absolute Gasteiger partial charge is 0.385 e. The number of hydrogen-bond acceptors (Lipinski definition) is 3. The maximum absolute atomic E-state index is 10.7. The van der Waals surface area contributed by atoms with Crippen LogP contribution >= 0.6 is 0 Å². The lowest BCUT2D eigenvalue weighted by atomic mass is 10.1. The molecule has 0 bridgehead atoms. The molecule has 0 amide bonds. The number of hydrogen-bond donors (Lipinski definition) is 2. The number of aliphatic hydroxyl groups excluding tert-OH is 1. The third kappa shape index (κ3) is 0.976. The van der Waals surface area contributed by atoms with Crippen LogP contribution in [0, 0.1) is 0 Å². The van der Waals surface area contributed by atoms with E-state index in [2.05, 4.69) is 0 Å². The Labute approximate surface area is 53.3 Å². The van der Waals surface area contributed by atoms with E-state index in [1.54, 1.807) is 0 Å². The molecule has 1 aliphatic rings. The second-order valence-electron chi connectivity index (χ2n) is 2.69. The van der Waals surface area contributed by atoms with Gasteiger partial charge in [-0.2, -0.15) is 0 Å². The lowest BCUT2D eigenvalue weighted by Crippen LogP contribution is -2.33. The van der Waals surface area contributed by atoms with Crippen LogP contribution in [0.4, 0.5) is 0 Å². The molecule has 0 spiro atoms. The van der Waals surface area contributed by atoms with Gasteiger partial charge in [0.25, 0.3) is 0 Å². The Morgan fingerprint density at radius 3 is 2.44 bits per heavy atom. The number of carbonyl (C=O) groups is 1. The molecule has 52 valence electrons. The van der Waals surface area contributed by atoms with Gasteiger partial charge < -0.3 is 10.2 Å². The molecule has 0 saturated heterocycles. The Bertz CT molecular complexity index is 139. The number of rotatable bonds is 0. The fraction of sp³-hybridized carbons (Fsp3) is 0.833. The van der Waals surface area contributed by atoms with Crippen LogP contribution in [0.3, 0.4) is 0 Å². The van der Waals surface area contributed by atoms with Gasteiger partial charge in [-0.05, 0) is 19.8 Å². The van der Waals surface area contributed by atoms with Crippen LogP contribution in [0.5, 0.6) is 0 Å². The van der Waals surface area contributed by atoms with Gasteiger partial charge in [-0.1, -0.05) is 0 Å². The number of carbonyl (C=O) groups excluding carboxylic acids is 1. The monoisotopic (exact) mass is 130 g/mol. The zero-order valence-electron chi connectivity index (χ0n) is 5.29. The van der Waals surface area contributed by atoms with Crippen molar-refractivity contribution < 1.29 is 15.0 Å².